The molecule has 1 amide bonds. The van der Waals surface area contributed by atoms with E-state index in [0.29, 0.717) is 16.8 Å². The summed E-state index contributed by atoms with van der Waals surface area (Å²) in [6.45, 7) is 5.60. The zero-order valence-corrected chi connectivity index (χ0v) is 20.0. The van der Waals surface area contributed by atoms with E-state index in [2.05, 4.69) is 11.1 Å². The van der Waals surface area contributed by atoms with E-state index in [4.69, 9.17) is 10.00 Å². The molecule has 0 saturated heterocycles. The normalized spacial score (nSPS) is 10.7. The lowest BCUT2D eigenvalue weighted by atomic mass is 10.1. The van der Waals surface area contributed by atoms with E-state index in [-0.39, 0.29) is 18.9 Å². The second kappa shape index (κ2) is 10.2. The molecule has 0 atom stereocenters. The molecule has 0 radical (unpaired) electrons. The van der Waals surface area contributed by atoms with Crippen molar-refractivity contribution in [1.82, 2.24) is 9.55 Å². The van der Waals surface area contributed by atoms with Crippen LogP contribution in [0.5, 0.6) is 0 Å². The van der Waals surface area contributed by atoms with Gasteiger partial charge in [-0.2, -0.15) is 5.26 Å². The molecule has 4 rings (SSSR count). The first-order chi connectivity index (χ1) is 16.9. The maximum Gasteiger partial charge on any atom is 0.338 e. The van der Waals surface area contributed by atoms with Crippen LogP contribution in [0, 0.1) is 32.1 Å². The number of hydrogen-bond acceptors (Lipinski definition) is 5. The zero-order valence-electron chi connectivity index (χ0n) is 20.0. The number of carbonyl (C=O) groups excluding carboxylic acids is 2. The molecule has 7 heteroatoms. The zero-order chi connectivity index (χ0) is 24.9. The molecule has 3 aromatic carbocycles. The molecule has 1 heterocycles. The molecule has 1 aromatic heterocycles. The summed E-state index contributed by atoms with van der Waals surface area (Å²) in [4.78, 5) is 31.8. The molecular weight excluding hydrogens is 440 g/mol. The maximum atomic E-state index is 12.9. The van der Waals surface area contributed by atoms with Crippen LogP contribution in [0.2, 0.25) is 0 Å². The lowest BCUT2D eigenvalue weighted by Crippen LogP contribution is -2.35. The van der Waals surface area contributed by atoms with Gasteiger partial charge in [0.2, 0.25) is 0 Å². The molecule has 176 valence electrons. The average Bonchev–Trinajstić information content (AvgIpc) is 3.17. The van der Waals surface area contributed by atoms with E-state index < -0.39 is 12.6 Å². The predicted molar refractivity (Wildman–Crippen MR) is 135 cm³/mol. The summed E-state index contributed by atoms with van der Waals surface area (Å²) in [5.41, 5.74) is 5.53. The van der Waals surface area contributed by atoms with E-state index in [0.717, 1.165) is 28.2 Å². The highest BCUT2D eigenvalue weighted by Crippen LogP contribution is 2.23. The Kier molecular flexibility index (Phi) is 6.93. The van der Waals surface area contributed by atoms with Crippen molar-refractivity contribution in [2.24, 2.45) is 0 Å². The summed E-state index contributed by atoms with van der Waals surface area (Å²) in [5, 5.41) is 9.02. The Morgan fingerprint density at radius 2 is 1.71 bits per heavy atom. The van der Waals surface area contributed by atoms with E-state index in [1.165, 1.54) is 4.90 Å². The Labute approximate surface area is 204 Å². The number of aryl methyl sites for hydroxylation is 3. The summed E-state index contributed by atoms with van der Waals surface area (Å²) in [5.74, 6) is -0.190. The molecule has 0 spiro atoms. The number of anilines is 1. The minimum absolute atomic E-state index is 0.173. The van der Waals surface area contributed by atoms with Crippen LogP contribution < -0.4 is 4.90 Å². The van der Waals surface area contributed by atoms with Gasteiger partial charge in [-0.1, -0.05) is 24.3 Å². The summed E-state index contributed by atoms with van der Waals surface area (Å²) >= 11 is 0. The standard InChI is InChI=1S/C28H26N4O3/c1-19-14-20(2)16-24(15-19)31(13-7-12-29)27(33)18-35-28(34)22-10-11-26-25(17-22)30-21(3)32(26)23-8-5-4-6-9-23/h4-6,8-11,14-17H,7,13,18H2,1-3H3. The molecule has 35 heavy (non-hydrogen) atoms. The lowest BCUT2D eigenvalue weighted by Gasteiger charge is -2.22. The van der Waals surface area contributed by atoms with Crippen molar-refractivity contribution < 1.29 is 14.3 Å². The van der Waals surface area contributed by atoms with E-state index in [9.17, 15) is 9.59 Å². The fourth-order valence-corrected chi connectivity index (χ4v) is 4.19. The fraction of sp³-hybridized carbons (Fsp3) is 0.214. The van der Waals surface area contributed by atoms with Gasteiger partial charge in [-0.25, -0.2) is 9.78 Å². The number of ether oxygens (including phenoxy) is 1. The highest BCUT2D eigenvalue weighted by molar-refractivity contribution is 5.98. The number of imidazole rings is 1. The first-order valence-electron chi connectivity index (χ1n) is 11.3. The Bertz CT molecular complexity index is 1410. The number of rotatable bonds is 7. The van der Waals surface area contributed by atoms with Gasteiger partial charge >= 0.3 is 5.97 Å². The van der Waals surface area contributed by atoms with Crippen molar-refractivity contribution >= 4 is 28.6 Å². The molecule has 7 nitrogen and oxygen atoms in total. The minimum Gasteiger partial charge on any atom is -0.452 e. The van der Waals surface area contributed by atoms with Crippen LogP contribution in [0.25, 0.3) is 16.7 Å². The monoisotopic (exact) mass is 466 g/mol. The number of nitrogens with zero attached hydrogens (tertiary/aromatic N) is 4. The average molecular weight is 467 g/mol. The third-order valence-corrected chi connectivity index (χ3v) is 5.67. The predicted octanol–water partition coefficient (Wildman–Crippen LogP) is 5.05. The van der Waals surface area contributed by atoms with Crippen molar-refractivity contribution in [3.63, 3.8) is 0 Å². The van der Waals surface area contributed by atoms with Crippen LogP contribution in [0.3, 0.4) is 0 Å². The second-order valence-corrected chi connectivity index (χ2v) is 8.41. The molecule has 0 unspecified atom stereocenters. The van der Waals surface area contributed by atoms with Crippen LogP contribution >= 0.6 is 0 Å². The third kappa shape index (κ3) is 5.22. The number of para-hydroxylation sites is 1. The van der Waals surface area contributed by atoms with Crippen LogP contribution in [0.1, 0.15) is 33.7 Å². The van der Waals surface area contributed by atoms with Gasteiger partial charge in [-0.3, -0.25) is 9.36 Å². The van der Waals surface area contributed by atoms with Gasteiger partial charge in [0.05, 0.1) is 29.1 Å². The van der Waals surface area contributed by atoms with Gasteiger partial charge < -0.3 is 9.64 Å². The quantitative estimate of drug-likeness (QED) is 0.356. The number of nitriles is 1. The smallest absolute Gasteiger partial charge is 0.338 e. The maximum absolute atomic E-state index is 12.9. The van der Waals surface area contributed by atoms with Crippen LogP contribution in [0.4, 0.5) is 5.69 Å². The third-order valence-electron chi connectivity index (χ3n) is 5.67. The fourth-order valence-electron chi connectivity index (χ4n) is 4.19. The van der Waals surface area contributed by atoms with Crippen molar-refractivity contribution in [3.8, 4) is 11.8 Å². The molecule has 4 aromatic rings. The number of benzene rings is 3. The largest absolute Gasteiger partial charge is 0.452 e. The van der Waals surface area contributed by atoms with Gasteiger partial charge in [-0.15, -0.1) is 0 Å². The Hall–Kier alpha value is -4.44. The van der Waals surface area contributed by atoms with Gasteiger partial charge in [0.15, 0.2) is 6.61 Å². The molecule has 0 aliphatic rings. The molecule has 0 aliphatic heterocycles. The number of hydrogen-bond donors (Lipinski definition) is 0. The first kappa shape index (κ1) is 23.7. The van der Waals surface area contributed by atoms with Gasteiger partial charge in [-0.05, 0) is 74.4 Å². The van der Waals surface area contributed by atoms with Gasteiger partial charge in [0, 0.05) is 17.9 Å². The molecule has 0 N–H and O–H groups in total. The highest BCUT2D eigenvalue weighted by atomic mass is 16.5. The van der Waals surface area contributed by atoms with Crippen molar-refractivity contribution in [2.75, 3.05) is 18.1 Å². The number of amides is 1. The van der Waals surface area contributed by atoms with Crippen molar-refractivity contribution in [1.29, 1.82) is 5.26 Å². The number of carbonyl (C=O) groups is 2. The molecular formula is C28H26N4O3. The van der Waals surface area contributed by atoms with Crippen molar-refractivity contribution in [3.05, 3.63) is 89.2 Å². The topological polar surface area (TPSA) is 88.2 Å². The van der Waals surface area contributed by atoms with Crippen LogP contribution in [-0.4, -0.2) is 34.6 Å². The van der Waals surface area contributed by atoms with E-state index in [1.807, 2.05) is 79.9 Å². The van der Waals surface area contributed by atoms with Gasteiger partial charge in [0.25, 0.3) is 5.91 Å². The van der Waals surface area contributed by atoms with Crippen LogP contribution in [0.15, 0.2) is 66.7 Å². The molecule has 0 saturated carbocycles. The van der Waals surface area contributed by atoms with E-state index in [1.54, 1.807) is 12.1 Å². The number of aromatic nitrogens is 2. The minimum atomic E-state index is -0.604. The van der Waals surface area contributed by atoms with E-state index >= 15 is 0 Å². The SMILES string of the molecule is Cc1cc(C)cc(N(CCC#N)C(=O)COC(=O)c2ccc3c(c2)nc(C)n3-c2ccccc2)c1. The van der Waals surface area contributed by atoms with Crippen molar-refractivity contribution in [2.45, 2.75) is 27.2 Å². The molecule has 0 fully saturated rings. The Morgan fingerprint density at radius 1 is 1.00 bits per heavy atom. The Morgan fingerprint density at radius 3 is 2.40 bits per heavy atom. The van der Waals surface area contributed by atoms with Gasteiger partial charge in [0.1, 0.15) is 5.82 Å². The first-order valence-corrected chi connectivity index (χ1v) is 11.3. The molecule has 0 bridgehead atoms. The lowest BCUT2D eigenvalue weighted by molar-refractivity contribution is -0.121. The molecule has 0 aliphatic carbocycles. The number of esters is 1. The second-order valence-electron chi connectivity index (χ2n) is 8.41. The summed E-state index contributed by atoms with van der Waals surface area (Å²) in [7, 11) is 0. The summed E-state index contributed by atoms with van der Waals surface area (Å²) < 4.78 is 7.37. The highest BCUT2D eigenvalue weighted by Gasteiger charge is 2.20. The summed E-state index contributed by atoms with van der Waals surface area (Å²) in [6.07, 6.45) is 0.173. The number of fused-ring (bicyclic) bond motifs is 1. The van der Waals surface area contributed by atoms with Crippen LogP contribution in [-0.2, 0) is 9.53 Å². The summed E-state index contributed by atoms with van der Waals surface area (Å²) in [6, 6.07) is 22.9. The Balaban J connectivity index is 1.51.